The lowest BCUT2D eigenvalue weighted by Crippen LogP contribution is -2.52. The summed E-state index contributed by atoms with van der Waals surface area (Å²) in [6.45, 7) is 5.67. The van der Waals surface area contributed by atoms with E-state index in [1.165, 1.54) is 49.5 Å². The van der Waals surface area contributed by atoms with Crippen molar-refractivity contribution in [3.05, 3.63) is 83.7 Å². The van der Waals surface area contributed by atoms with Crippen molar-refractivity contribution >= 4 is 27.5 Å². The van der Waals surface area contributed by atoms with Gasteiger partial charge in [0, 0.05) is 19.2 Å². The van der Waals surface area contributed by atoms with Gasteiger partial charge >= 0.3 is 0 Å². The number of carbonyl (C=O) groups is 2. The number of carbonyl (C=O) groups excluding carboxylic acids is 2. The number of sulfonamides is 1. The predicted octanol–water partition coefficient (Wildman–Crippen LogP) is 5.07. The summed E-state index contributed by atoms with van der Waals surface area (Å²) in [6, 6.07) is 15.6. The maximum absolute atomic E-state index is 14.1. The summed E-state index contributed by atoms with van der Waals surface area (Å²) in [5.41, 5.74) is 1.86. The van der Waals surface area contributed by atoms with Crippen LogP contribution in [0.2, 0.25) is 0 Å². The minimum atomic E-state index is -4.38. The average molecular weight is 614 g/mol. The molecule has 0 radical (unpaired) electrons. The number of anilines is 1. The molecule has 0 saturated heterocycles. The largest absolute Gasteiger partial charge is 0.493 e. The first kappa shape index (κ1) is 33.4. The van der Waals surface area contributed by atoms with Crippen molar-refractivity contribution in [2.24, 2.45) is 0 Å². The van der Waals surface area contributed by atoms with Crippen LogP contribution in [0.15, 0.2) is 71.6 Å². The molecular weight excluding hydrogens is 573 g/mol. The lowest BCUT2D eigenvalue weighted by Gasteiger charge is -2.33. The third-order valence-corrected chi connectivity index (χ3v) is 8.76. The molecule has 0 heterocycles. The molecule has 0 aliphatic carbocycles. The first-order valence-corrected chi connectivity index (χ1v) is 15.6. The molecule has 0 bridgehead atoms. The Bertz CT molecular complexity index is 1500. The summed E-state index contributed by atoms with van der Waals surface area (Å²) in [4.78, 5) is 28.7. The highest BCUT2D eigenvalue weighted by Gasteiger charge is 2.34. The van der Waals surface area contributed by atoms with E-state index in [1.54, 1.807) is 6.92 Å². The second-order valence-corrected chi connectivity index (χ2v) is 11.9. The van der Waals surface area contributed by atoms with E-state index >= 15 is 0 Å². The summed E-state index contributed by atoms with van der Waals surface area (Å²) in [7, 11) is -1.56. The Morgan fingerprint density at radius 1 is 0.953 bits per heavy atom. The fraction of sp³-hybridized carbons (Fsp3) is 0.375. The molecule has 9 nitrogen and oxygen atoms in total. The van der Waals surface area contributed by atoms with Crippen LogP contribution in [0, 0.1) is 12.7 Å². The van der Waals surface area contributed by atoms with Crippen LogP contribution in [-0.4, -0.2) is 58.5 Å². The number of unbranched alkanes of at least 4 members (excludes halogenated alkanes) is 1. The number of halogens is 1. The summed E-state index contributed by atoms with van der Waals surface area (Å²) >= 11 is 0. The SMILES string of the molecule is CCCCNC(=O)C(CC)N(Cc1cccc(C)c1)C(=O)CN(c1ccc(F)cc1)S(=O)(=O)c1ccc(OC)c(OC)c1. The number of methoxy groups -OCH3 is 2. The van der Waals surface area contributed by atoms with E-state index in [0.717, 1.165) is 40.4 Å². The number of amides is 2. The average Bonchev–Trinajstić information content (AvgIpc) is 2.99. The topological polar surface area (TPSA) is 105 Å². The molecule has 1 atom stereocenters. The van der Waals surface area contributed by atoms with Gasteiger partial charge in [0.05, 0.1) is 24.8 Å². The van der Waals surface area contributed by atoms with E-state index in [0.29, 0.717) is 18.7 Å². The standard InChI is InChI=1S/C32H40FN3O6S/c1-6-8-18-34-32(38)28(7-2)35(21-24-11-9-10-23(3)19-24)31(37)22-36(26-14-12-25(33)13-15-26)43(39,40)27-16-17-29(41-4)30(20-27)42-5/h9-17,19-20,28H,6-8,18,21-22H2,1-5H3,(H,34,38). The number of nitrogens with zero attached hydrogens (tertiary/aromatic N) is 2. The van der Waals surface area contributed by atoms with Crippen molar-refractivity contribution in [2.75, 3.05) is 31.6 Å². The van der Waals surface area contributed by atoms with Gasteiger partial charge in [0.2, 0.25) is 11.8 Å². The van der Waals surface area contributed by atoms with Gasteiger partial charge in [-0.25, -0.2) is 12.8 Å². The third-order valence-electron chi connectivity index (χ3n) is 6.99. The molecule has 0 aliphatic heterocycles. The van der Waals surface area contributed by atoms with Crippen LogP contribution >= 0.6 is 0 Å². The molecule has 11 heteroatoms. The van der Waals surface area contributed by atoms with Crippen LogP contribution in [0.4, 0.5) is 10.1 Å². The minimum Gasteiger partial charge on any atom is -0.493 e. The highest BCUT2D eigenvalue weighted by molar-refractivity contribution is 7.92. The van der Waals surface area contributed by atoms with Gasteiger partial charge in [0.25, 0.3) is 10.0 Å². The van der Waals surface area contributed by atoms with Crippen LogP contribution in [0.25, 0.3) is 0 Å². The van der Waals surface area contributed by atoms with Crippen molar-refractivity contribution < 1.29 is 31.9 Å². The van der Waals surface area contributed by atoms with Gasteiger partial charge in [-0.2, -0.15) is 0 Å². The smallest absolute Gasteiger partial charge is 0.264 e. The highest BCUT2D eigenvalue weighted by atomic mass is 32.2. The number of aryl methyl sites for hydroxylation is 1. The number of nitrogens with one attached hydrogen (secondary N) is 1. The Morgan fingerprint density at radius 3 is 2.26 bits per heavy atom. The minimum absolute atomic E-state index is 0.0838. The molecule has 2 amide bonds. The molecule has 3 aromatic carbocycles. The molecule has 43 heavy (non-hydrogen) atoms. The second kappa shape index (κ2) is 15.4. The van der Waals surface area contributed by atoms with E-state index < -0.39 is 34.3 Å². The lowest BCUT2D eigenvalue weighted by atomic mass is 10.1. The van der Waals surface area contributed by atoms with Gasteiger partial charge in [0.15, 0.2) is 11.5 Å². The molecule has 0 spiro atoms. The van der Waals surface area contributed by atoms with Crippen molar-refractivity contribution in [1.82, 2.24) is 10.2 Å². The van der Waals surface area contributed by atoms with Crippen LogP contribution in [0.1, 0.15) is 44.2 Å². The maximum atomic E-state index is 14.1. The molecular formula is C32H40FN3O6S. The summed E-state index contributed by atoms with van der Waals surface area (Å²) < 4.78 is 53.5. The van der Waals surface area contributed by atoms with Crippen LogP contribution in [-0.2, 0) is 26.2 Å². The first-order valence-electron chi connectivity index (χ1n) is 14.2. The van der Waals surface area contributed by atoms with Crippen molar-refractivity contribution in [3.8, 4) is 11.5 Å². The summed E-state index contributed by atoms with van der Waals surface area (Å²) in [5, 5.41) is 2.91. The zero-order valence-electron chi connectivity index (χ0n) is 25.3. The van der Waals surface area contributed by atoms with Gasteiger partial charge < -0.3 is 19.7 Å². The Kier molecular flexibility index (Phi) is 11.9. The number of rotatable bonds is 15. The van der Waals surface area contributed by atoms with Crippen LogP contribution < -0.4 is 19.1 Å². The fourth-order valence-electron chi connectivity index (χ4n) is 4.67. The van der Waals surface area contributed by atoms with Gasteiger partial charge in [0.1, 0.15) is 18.4 Å². The van der Waals surface area contributed by atoms with E-state index in [9.17, 15) is 22.4 Å². The maximum Gasteiger partial charge on any atom is 0.264 e. The van der Waals surface area contributed by atoms with E-state index in [4.69, 9.17) is 9.47 Å². The Balaban J connectivity index is 2.07. The molecule has 3 rings (SSSR count). The zero-order chi connectivity index (χ0) is 31.6. The van der Waals surface area contributed by atoms with Gasteiger partial charge in [-0.3, -0.25) is 13.9 Å². The molecule has 3 aromatic rings. The first-order chi connectivity index (χ1) is 20.5. The lowest BCUT2D eigenvalue weighted by molar-refractivity contribution is -0.140. The molecule has 0 saturated carbocycles. The monoisotopic (exact) mass is 613 g/mol. The highest BCUT2D eigenvalue weighted by Crippen LogP contribution is 2.32. The predicted molar refractivity (Wildman–Crippen MR) is 164 cm³/mol. The second-order valence-electron chi connectivity index (χ2n) is 10.1. The quantitative estimate of drug-likeness (QED) is 0.240. The molecule has 0 fully saturated rings. The number of benzene rings is 3. The van der Waals surface area contributed by atoms with Gasteiger partial charge in [-0.05, 0) is 61.7 Å². The van der Waals surface area contributed by atoms with Gasteiger partial charge in [-0.1, -0.05) is 50.1 Å². The van der Waals surface area contributed by atoms with E-state index in [2.05, 4.69) is 5.32 Å². The van der Waals surface area contributed by atoms with Crippen LogP contribution in [0.3, 0.4) is 0 Å². The zero-order valence-corrected chi connectivity index (χ0v) is 26.1. The van der Waals surface area contributed by atoms with E-state index in [-0.39, 0.29) is 28.8 Å². The van der Waals surface area contributed by atoms with Crippen LogP contribution in [0.5, 0.6) is 11.5 Å². The van der Waals surface area contributed by atoms with Crippen molar-refractivity contribution in [3.63, 3.8) is 0 Å². The number of ether oxygens (including phenoxy) is 2. The molecule has 1 unspecified atom stereocenters. The third kappa shape index (κ3) is 8.47. The fourth-order valence-corrected chi connectivity index (χ4v) is 6.10. The molecule has 1 N–H and O–H groups in total. The van der Waals surface area contributed by atoms with E-state index in [1.807, 2.05) is 38.1 Å². The number of hydrogen-bond donors (Lipinski definition) is 1. The molecule has 0 aliphatic rings. The Hall–Kier alpha value is -4.12. The number of hydrogen-bond acceptors (Lipinski definition) is 6. The summed E-state index contributed by atoms with van der Waals surface area (Å²) in [5.74, 6) is -0.949. The summed E-state index contributed by atoms with van der Waals surface area (Å²) in [6.07, 6.45) is 1.99. The van der Waals surface area contributed by atoms with Gasteiger partial charge in [-0.15, -0.1) is 0 Å². The van der Waals surface area contributed by atoms with Crippen molar-refractivity contribution in [2.45, 2.75) is 57.5 Å². The normalized spacial score (nSPS) is 11.9. The Morgan fingerprint density at radius 2 is 1.65 bits per heavy atom. The molecule has 0 aromatic heterocycles. The van der Waals surface area contributed by atoms with Crippen molar-refractivity contribution in [1.29, 1.82) is 0 Å². The molecule has 232 valence electrons. The Labute approximate surface area is 253 Å².